The van der Waals surface area contributed by atoms with Crippen LogP contribution in [0.3, 0.4) is 0 Å². The first-order valence-corrected chi connectivity index (χ1v) is 6.11. The van der Waals surface area contributed by atoms with Crippen molar-refractivity contribution in [2.75, 3.05) is 33.7 Å². The van der Waals surface area contributed by atoms with Gasteiger partial charge in [-0.3, -0.25) is 9.69 Å². The smallest absolute Gasteiger partial charge is 0.304 e. The molecule has 0 radical (unpaired) electrons. The Hall–Kier alpha value is -0.610. The molecule has 0 bridgehead atoms. The van der Waals surface area contributed by atoms with E-state index in [0.29, 0.717) is 0 Å². The molecular formula is C12H26N2O2. The standard InChI is InChI=1S/C12H26N2O2/c1-5-7-14(9-8-13(3)4)11(6-2)10-12(15)16/h11H,5-10H2,1-4H3,(H,15,16). The molecule has 0 rings (SSSR count). The molecule has 1 N–H and O–H groups in total. The van der Waals surface area contributed by atoms with Crippen molar-refractivity contribution in [3.05, 3.63) is 0 Å². The van der Waals surface area contributed by atoms with Crippen molar-refractivity contribution in [3.63, 3.8) is 0 Å². The third-order valence-corrected chi connectivity index (χ3v) is 2.74. The Kier molecular flexibility index (Phi) is 8.21. The van der Waals surface area contributed by atoms with Crippen LogP contribution < -0.4 is 0 Å². The summed E-state index contributed by atoms with van der Waals surface area (Å²) in [5.74, 6) is -0.696. The van der Waals surface area contributed by atoms with E-state index in [-0.39, 0.29) is 12.5 Å². The first-order chi connectivity index (χ1) is 7.51. The van der Waals surface area contributed by atoms with E-state index in [9.17, 15) is 4.79 Å². The Morgan fingerprint density at radius 2 is 1.81 bits per heavy atom. The molecule has 16 heavy (non-hydrogen) atoms. The van der Waals surface area contributed by atoms with Gasteiger partial charge in [-0.25, -0.2) is 0 Å². The summed E-state index contributed by atoms with van der Waals surface area (Å²) in [6.45, 7) is 7.12. The van der Waals surface area contributed by atoms with Gasteiger partial charge in [-0.2, -0.15) is 0 Å². The molecule has 96 valence electrons. The molecule has 0 spiro atoms. The van der Waals surface area contributed by atoms with Crippen LogP contribution in [-0.4, -0.2) is 60.6 Å². The highest BCUT2D eigenvalue weighted by Gasteiger charge is 2.18. The van der Waals surface area contributed by atoms with Crippen molar-refractivity contribution in [2.24, 2.45) is 0 Å². The van der Waals surface area contributed by atoms with Crippen molar-refractivity contribution in [1.29, 1.82) is 0 Å². The molecule has 1 atom stereocenters. The molecule has 4 heteroatoms. The topological polar surface area (TPSA) is 43.8 Å². The number of aliphatic carboxylic acids is 1. The molecule has 0 aliphatic heterocycles. The number of likely N-dealkylation sites (N-methyl/N-ethyl adjacent to an activating group) is 1. The molecule has 0 aliphatic carbocycles. The van der Waals surface area contributed by atoms with Crippen molar-refractivity contribution >= 4 is 5.97 Å². The van der Waals surface area contributed by atoms with Crippen LogP contribution in [0.5, 0.6) is 0 Å². The van der Waals surface area contributed by atoms with E-state index < -0.39 is 5.97 Å². The first kappa shape index (κ1) is 15.4. The molecular weight excluding hydrogens is 204 g/mol. The average molecular weight is 230 g/mol. The molecule has 4 nitrogen and oxygen atoms in total. The molecule has 0 aromatic carbocycles. The molecule has 0 heterocycles. The van der Waals surface area contributed by atoms with E-state index in [2.05, 4.69) is 23.6 Å². The van der Waals surface area contributed by atoms with E-state index in [0.717, 1.165) is 32.5 Å². The minimum absolute atomic E-state index is 0.178. The summed E-state index contributed by atoms with van der Waals surface area (Å²) in [6.07, 6.45) is 2.23. The maximum absolute atomic E-state index is 10.8. The normalized spacial score (nSPS) is 13.4. The van der Waals surface area contributed by atoms with Gasteiger partial charge in [-0.05, 0) is 33.5 Å². The summed E-state index contributed by atoms with van der Waals surface area (Å²) in [4.78, 5) is 15.2. The van der Waals surface area contributed by atoms with Gasteiger partial charge < -0.3 is 10.0 Å². The minimum atomic E-state index is -0.696. The van der Waals surface area contributed by atoms with E-state index in [1.807, 2.05) is 14.1 Å². The number of hydrogen-bond donors (Lipinski definition) is 1. The SMILES string of the molecule is CCCN(CCN(C)C)C(CC)CC(=O)O. The third-order valence-electron chi connectivity index (χ3n) is 2.74. The predicted molar refractivity (Wildman–Crippen MR) is 66.7 cm³/mol. The molecule has 0 aromatic rings. The molecule has 1 unspecified atom stereocenters. The van der Waals surface area contributed by atoms with Crippen molar-refractivity contribution in [3.8, 4) is 0 Å². The van der Waals surface area contributed by atoms with Crippen LogP contribution in [0.15, 0.2) is 0 Å². The highest BCUT2D eigenvalue weighted by atomic mass is 16.4. The van der Waals surface area contributed by atoms with Gasteiger partial charge in [-0.15, -0.1) is 0 Å². The lowest BCUT2D eigenvalue weighted by Crippen LogP contribution is -2.41. The number of hydrogen-bond acceptors (Lipinski definition) is 3. The largest absolute Gasteiger partial charge is 0.481 e. The lowest BCUT2D eigenvalue weighted by atomic mass is 10.1. The van der Waals surface area contributed by atoms with Crippen molar-refractivity contribution < 1.29 is 9.90 Å². The Balaban J connectivity index is 4.27. The molecule has 0 saturated carbocycles. The monoisotopic (exact) mass is 230 g/mol. The number of nitrogens with zero attached hydrogens (tertiary/aromatic N) is 2. The van der Waals surface area contributed by atoms with Crippen LogP contribution >= 0.6 is 0 Å². The number of rotatable bonds is 9. The van der Waals surface area contributed by atoms with Gasteiger partial charge in [0.25, 0.3) is 0 Å². The Morgan fingerprint density at radius 3 is 2.19 bits per heavy atom. The summed E-state index contributed by atoms with van der Waals surface area (Å²) < 4.78 is 0. The molecule has 0 aliphatic rings. The van der Waals surface area contributed by atoms with Gasteiger partial charge >= 0.3 is 5.97 Å². The molecule has 0 saturated heterocycles. The summed E-state index contributed by atoms with van der Waals surface area (Å²) >= 11 is 0. The Bertz CT molecular complexity index is 195. The minimum Gasteiger partial charge on any atom is -0.481 e. The van der Waals surface area contributed by atoms with Gasteiger partial charge in [0, 0.05) is 19.1 Å². The zero-order chi connectivity index (χ0) is 12.6. The fourth-order valence-electron chi connectivity index (χ4n) is 1.83. The maximum atomic E-state index is 10.8. The van der Waals surface area contributed by atoms with Crippen molar-refractivity contribution in [2.45, 2.75) is 39.2 Å². The van der Waals surface area contributed by atoms with Crippen LogP contribution in [0.2, 0.25) is 0 Å². The van der Waals surface area contributed by atoms with E-state index in [4.69, 9.17) is 5.11 Å². The van der Waals surface area contributed by atoms with E-state index in [1.54, 1.807) is 0 Å². The summed E-state index contributed by atoms with van der Waals surface area (Å²) in [5, 5.41) is 8.87. The van der Waals surface area contributed by atoms with Crippen molar-refractivity contribution in [1.82, 2.24) is 9.80 Å². The summed E-state index contributed by atoms with van der Waals surface area (Å²) in [7, 11) is 4.09. The second-order valence-electron chi connectivity index (χ2n) is 4.50. The summed E-state index contributed by atoms with van der Waals surface area (Å²) in [5.41, 5.74) is 0. The zero-order valence-electron chi connectivity index (χ0n) is 11.1. The van der Waals surface area contributed by atoms with Crippen LogP contribution in [0.1, 0.15) is 33.1 Å². The Morgan fingerprint density at radius 1 is 1.19 bits per heavy atom. The molecule has 0 fully saturated rings. The van der Waals surface area contributed by atoms with Gasteiger partial charge in [0.2, 0.25) is 0 Å². The van der Waals surface area contributed by atoms with Crippen LogP contribution in [0.4, 0.5) is 0 Å². The fraction of sp³-hybridized carbons (Fsp3) is 0.917. The van der Waals surface area contributed by atoms with Gasteiger partial charge in [0.15, 0.2) is 0 Å². The lowest BCUT2D eigenvalue weighted by Gasteiger charge is -2.30. The highest BCUT2D eigenvalue weighted by molar-refractivity contribution is 5.67. The zero-order valence-corrected chi connectivity index (χ0v) is 11.1. The quantitative estimate of drug-likeness (QED) is 0.652. The number of carbonyl (C=O) groups is 1. The third kappa shape index (κ3) is 6.80. The fourth-order valence-corrected chi connectivity index (χ4v) is 1.83. The maximum Gasteiger partial charge on any atom is 0.304 e. The number of carboxylic acid groups (broad SMARTS) is 1. The Labute approximate surface area is 99.2 Å². The lowest BCUT2D eigenvalue weighted by molar-refractivity contribution is -0.138. The van der Waals surface area contributed by atoms with Crippen LogP contribution in [-0.2, 0) is 4.79 Å². The highest BCUT2D eigenvalue weighted by Crippen LogP contribution is 2.09. The number of carboxylic acids is 1. The summed E-state index contributed by atoms with van der Waals surface area (Å²) in [6, 6.07) is 0.178. The molecule has 0 amide bonds. The van der Waals surface area contributed by atoms with Gasteiger partial charge in [0.05, 0.1) is 6.42 Å². The second-order valence-corrected chi connectivity index (χ2v) is 4.50. The second kappa shape index (κ2) is 8.53. The van der Waals surface area contributed by atoms with Crippen LogP contribution in [0.25, 0.3) is 0 Å². The van der Waals surface area contributed by atoms with E-state index in [1.165, 1.54) is 0 Å². The van der Waals surface area contributed by atoms with Gasteiger partial charge in [-0.1, -0.05) is 13.8 Å². The molecule has 0 aromatic heterocycles. The predicted octanol–water partition coefficient (Wildman–Crippen LogP) is 1.51. The van der Waals surface area contributed by atoms with Crippen LogP contribution in [0, 0.1) is 0 Å². The van der Waals surface area contributed by atoms with Gasteiger partial charge in [0.1, 0.15) is 0 Å². The average Bonchev–Trinajstić information content (AvgIpc) is 2.20. The first-order valence-electron chi connectivity index (χ1n) is 6.11. The van der Waals surface area contributed by atoms with E-state index >= 15 is 0 Å².